The van der Waals surface area contributed by atoms with E-state index in [0.717, 1.165) is 10.5 Å². The van der Waals surface area contributed by atoms with Gasteiger partial charge in [0.15, 0.2) is 0 Å². The average Bonchev–Trinajstić information content (AvgIpc) is 2.85. The number of carbonyl (C=O) groups excluding carboxylic acids is 3. The van der Waals surface area contributed by atoms with Crippen LogP contribution in [-0.4, -0.2) is 36.0 Å². The number of non-ortho nitro benzene ring substituents is 1. The van der Waals surface area contributed by atoms with Crippen molar-refractivity contribution in [2.24, 2.45) is 0 Å². The van der Waals surface area contributed by atoms with Crippen molar-refractivity contribution in [1.29, 1.82) is 0 Å². The summed E-state index contributed by atoms with van der Waals surface area (Å²) in [5.74, 6) is -0.448. The van der Waals surface area contributed by atoms with Crippen LogP contribution >= 0.6 is 0 Å². The van der Waals surface area contributed by atoms with Crippen molar-refractivity contribution in [3.8, 4) is 11.5 Å². The van der Waals surface area contributed by atoms with Crippen molar-refractivity contribution in [2.45, 2.75) is 6.92 Å². The zero-order chi connectivity index (χ0) is 25.7. The Morgan fingerprint density at radius 3 is 2.11 bits per heavy atom. The molecule has 1 saturated heterocycles. The molecule has 36 heavy (non-hydrogen) atoms. The number of barbiturate groups is 1. The highest BCUT2D eigenvalue weighted by atomic mass is 16.6. The third-order valence-electron chi connectivity index (χ3n) is 5.22. The van der Waals surface area contributed by atoms with Crippen LogP contribution in [0.15, 0.2) is 78.4 Å². The molecule has 0 radical (unpaired) electrons. The Balaban J connectivity index is 1.37. The lowest BCUT2D eigenvalue weighted by molar-refractivity contribution is -0.384. The van der Waals surface area contributed by atoms with E-state index >= 15 is 0 Å². The van der Waals surface area contributed by atoms with Crippen LogP contribution in [0.3, 0.4) is 0 Å². The maximum Gasteiger partial charge on any atom is 0.335 e. The van der Waals surface area contributed by atoms with E-state index in [1.54, 1.807) is 42.5 Å². The lowest BCUT2D eigenvalue weighted by atomic mass is 10.1. The van der Waals surface area contributed by atoms with Crippen LogP contribution in [0, 0.1) is 17.0 Å². The van der Waals surface area contributed by atoms with Gasteiger partial charge >= 0.3 is 6.03 Å². The van der Waals surface area contributed by atoms with Gasteiger partial charge in [0.25, 0.3) is 17.5 Å². The number of nitrogens with zero attached hydrogens (tertiary/aromatic N) is 2. The summed E-state index contributed by atoms with van der Waals surface area (Å²) in [6.45, 7) is 2.29. The molecular formula is C26H21N3O7. The highest BCUT2D eigenvalue weighted by Gasteiger charge is 2.36. The first kappa shape index (κ1) is 24.1. The van der Waals surface area contributed by atoms with Crippen LogP contribution in [0.5, 0.6) is 11.5 Å². The molecule has 4 rings (SSSR count). The molecule has 10 heteroatoms. The Hall–Kier alpha value is -4.99. The van der Waals surface area contributed by atoms with Gasteiger partial charge in [-0.3, -0.25) is 25.0 Å². The average molecular weight is 487 g/mol. The van der Waals surface area contributed by atoms with Crippen LogP contribution in [0.4, 0.5) is 16.2 Å². The fourth-order valence-corrected chi connectivity index (χ4v) is 3.47. The molecule has 1 heterocycles. The van der Waals surface area contributed by atoms with E-state index < -0.39 is 22.8 Å². The quantitative estimate of drug-likeness (QED) is 0.167. The van der Waals surface area contributed by atoms with Gasteiger partial charge in [-0.1, -0.05) is 24.3 Å². The molecule has 0 saturated carbocycles. The summed E-state index contributed by atoms with van der Waals surface area (Å²) in [5, 5.41) is 12.9. The van der Waals surface area contributed by atoms with Crippen LogP contribution in [0.1, 0.15) is 11.1 Å². The largest absolute Gasteiger partial charge is 0.490 e. The van der Waals surface area contributed by atoms with Gasteiger partial charge in [-0.2, -0.15) is 0 Å². The lowest BCUT2D eigenvalue weighted by Gasteiger charge is -2.26. The minimum atomic E-state index is -0.799. The maximum atomic E-state index is 13.0. The van der Waals surface area contributed by atoms with Gasteiger partial charge < -0.3 is 9.47 Å². The zero-order valence-electron chi connectivity index (χ0n) is 19.2. The number of imide groups is 2. The van der Waals surface area contributed by atoms with Gasteiger partial charge in [0, 0.05) is 12.1 Å². The predicted molar refractivity (Wildman–Crippen MR) is 131 cm³/mol. The molecule has 0 aliphatic carbocycles. The summed E-state index contributed by atoms with van der Waals surface area (Å²) in [4.78, 5) is 48.8. The molecule has 1 fully saturated rings. The number of carbonyl (C=O) groups is 3. The zero-order valence-corrected chi connectivity index (χ0v) is 19.2. The molecular weight excluding hydrogens is 466 g/mol. The summed E-state index contributed by atoms with van der Waals surface area (Å²) in [6, 6.07) is 18.5. The minimum Gasteiger partial charge on any atom is -0.490 e. The highest BCUT2D eigenvalue weighted by Crippen LogP contribution is 2.23. The fourth-order valence-electron chi connectivity index (χ4n) is 3.47. The number of hydrogen-bond acceptors (Lipinski definition) is 7. The maximum absolute atomic E-state index is 13.0. The monoisotopic (exact) mass is 487 g/mol. The number of amides is 4. The fraction of sp³-hybridized carbons (Fsp3) is 0.115. The second-order valence-corrected chi connectivity index (χ2v) is 7.81. The first-order valence-corrected chi connectivity index (χ1v) is 10.9. The van der Waals surface area contributed by atoms with E-state index in [2.05, 4.69) is 5.32 Å². The molecule has 10 nitrogen and oxygen atoms in total. The van der Waals surface area contributed by atoms with Crippen LogP contribution in [0.2, 0.25) is 0 Å². The van der Waals surface area contributed by atoms with Crippen molar-refractivity contribution in [1.82, 2.24) is 5.32 Å². The number of ether oxygens (including phenoxy) is 2. The number of nitro benzene ring substituents is 1. The minimum absolute atomic E-state index is 0.0180. The normalized spacial score (nSPS) is 14.5. The molecule has 0 aromatic heterocycles. The number of urea groups is 1. The molecule has 0 atom stereocenters. The number of aryl methyl sites for hydroxylation is 1. The second kappa shape index (κ2) is 10.5. The van der Waals surface area contributed by atoms with Gasteiger partial charge in [-0.15, -0.1) is 0 Å². The molecule has 0 unspecified atom stereocenters. The summed E-state index contributed by atoms with van der Waals surface area (Å²) in [5.41, 5.74) is 1.62. The number of nitro groups is 1. The Morgan fingerprint density at radius 1 is 0.917 bits per heavy atom. The van der Waals surface area contributed by atoms with E-state index in [4.69, 9.17) is 9.47 Å². The third-order valence-corrected chi connectivity index (χ3v) is 5.22. The molecule has 0 bridgehead atoms. The van der Waals surface area contributed by atoms with Gasteiger partial charge in [0.05, 0.1) is 10.6 Å². The van der Waals surface area contributed by atoms with E-state index in [1.165, 1.54) is 30.3 Å². The summed E-state index contributed by atoms with van der Waals surface area (Å²) >= 11 is 0. The van der Waals surface area contributed by atoms with E-state index in [9.17, 15) is 24.5 Å². The molecule has 1 N–H and O–H groups in total. The number of anilines is 1. The molecule has 4 amide bonds. The summed E-state index contributed by atoms with van der Waals surface area (Å²) < 4.78 is 11.1. The van der Waals surface area contributed by atoms with Crippen molar-refractivity contribution in [3.05, 3.63) is 99.6 Å². The Kier molecular flexibility index (Phi) is 7.05. The van der Waals surface area contributed by atoms with Crippen molar-refractivity contribution in [3.63, 3.8) is 0 Å². The number of nitrogens with one attached hydrogen (secondary N) is 1. The van der Waals surface area contributed by atoms with E-state index in [-0.39, 0.29) is 24.5 Å². The predicted octanol–water partition coefficient (Wildman–Crippen LogP) is 4.03. The van der Waals surface area contributed by atoms with Crippen molar-refractivity contribution in [2.75, 3.05) is 18.1 Å². The van der Waals surface area contributed by atoms with Crippen molar-refractivity contribution < 1.29 is 28.8 Å². The number of benzene rings is 3. The Bertz CT molecular complexity index is 1350. The van der Waals surface area contributed by atoms with Crippen LogP contribution in [0.25, 0.3) is 6.08 Å². The molecule has 1 aliphatic rings. The topological polar surface area (TPSA) is 128 Å². The number of hydrogen-bond donors (Lipinski definition) is 1. The molecule has 182 valence electrons. The summed E-state index contributed by atoms with van der Waals surface area (Å²) in [7, 11) is 0. The SMILES string of the molecule is Cc1cccc(N2C(=O)NC(=O)/C(=C\c3ccc(OCCOc4ccc([N+](=O)[O-])cc4)cc3)C2=O)c1. The van der Waals surface area contributed by atoms with Gasteiger partial charge in [-0.25, -0.2) is 9.69 Å². The molecule has 3 aromatic carbocycles. The third kappa shape index (κ3) is 5.55. The van der Waals surface area contributed by atoms with Crippen LogP contribution < -0.4 is 19.7 Å². The van der Waals surface area contributed by atoms with Crippen molar-refractivity contribution >= 4 is 35.3 Å². The molecule has 0 spiro atoms. The highest BCUT2D eigenvalue weighted by molar-refractivity contribution is 6.39. The lowest BCUT2D eigenvalue weighted by Crippen LogP contribution is -2.54. The smallest absolute Gasteiger partial charge is 0.335 e. The van der Waals surface area contributed by atoms with Gasteiger partial charge in [0.1, 0.15) is 30.3 Å². The standard InChI is InChI=1S/C26H21N3O7/c1-17-3-2-4-20(15-17)28-25(31)23(24(30)27-26(28)32)16-18-5-9-21(10-6-18)35-13-14-36-22-11-7-19(8-12-22)29(33)34/h2-12,15-16H,13-14H2,1H3,(H,27,30,32)/b23-16+. The first-order chi connectivity index (χ1) is 17.3. The first-order valence-electron chi connectivity index (χ1n) is 10.9. The summed E-state index contributed by atoms with van der Waals surface area (Å²) in [6.07, 6.45) is 1.41. The van der Waals surface area contributed by atoms with Gasteiger partial charge in [-0.05, 0) is 60.5 Å². The Morgan fingerprint density at radius 2 is 1.53 bits per heavy atom. The molecule has 3 aromatic rings. The van der Waals surface area contributed by atoms with Crippen LogP contribution in [-0.2, 0) is 9.59 Å². The second-order valence-electron chi connectivity index (χ2n) is 7.81. The number of rotatable bonds is 8. The van der Waals surface area contributed by atoms with Gasteiger partial charge in [0.2, 0.25) is 0 Å². The molecule has 1 aliphatic heterocycles. The Labute approximate surface area is 205 Å². The van der Waals surface area contributed by atoms with E-state index in [1.807, 2.05) is 13.0 Å². The van der Waals surface area contributed by atoms with E-state index in [0.29, 0.717) is 22.7 Å².